The highest BCUT2D eigenvalue weighted by Gasteiger charge is 2.19. The van der Waals surface area contributed by atoms with Crippen molar-refractivity contribution < 1.29 is 4.79 Å². The number of aryl methyl sites for hydroxylation is 2. The SMILES string of the molecule is Cc1cc(C)c(C(=O)c2c(Cl)cccc2Cl)s1. The number of thiophene rings is 1. The quantitative estimate of drug-likeness (QED) is 0.717. The van der Waals surface area contributed by atoms with Gasteiger partial charge in [-0.05, 0) is 37.6 Å². The van der Waals surface area contributed by atoms with Gasteiger partial charge in [-0.25, -0.2) is 0 Å². The van der Waals surface area contributed by atoms with Crippen molar-refractivity contribution in [3.8, 4) is 0 Å². The van der Waals surface area contributed by atoms with Gasteiger partial charge in [-0.1, -0.05) is 29.3 Å². The maximum Gasteiger partial charge on any atom is 0.206 e. The van der Waals surface area contributed by atoms with Crippen LogP contribution in [0.4, 0.5) is 0 Å². The molecule has 0 radical (unpaired) electrons. The van der Waals surface area contributed by atoms with Gasteiger partial charge in [-0.3, -0.25) is 4.79 Å². The number of hydrogen-bond donors (Lipinski definition) is 0. The molecule has 1 nitrogen and oxygen atoms in total. The minimum Gasteiger partial charge on any atom is -0.288 e. The van der Waals surface area contributed by atoms with Crippen LogP contribution >= 0.6 is 34.5 Å². The van der Waals surface area contributed by atoms with Crippen LogP contribution in [0.25, 0.3) is 0 Å². The van der Waals surface area contributed by atoms with Gasteiger partial charge in [0.05, 0.1) is 20.5 Å². The molecule has 0 amide bonds. The summed E-state index contributed by atoms with van der Waals surface area (Å²) < 4.78 is 0. The summed E-state index contributed by atoms with van der Waals surface area (Å²) in [6, 6.07) is 7.07. The summed E-state index contributed by atoms with van der Waals surface area (Å²) in [5.74, 6) is -0.101. The number of carbonyl (C=O) groups excluding carboxylic acids is 1. The molecule has 1 aromatic carbocycles. The molecular formula is C13H10Cl2OS. The van der Waals surface area contributed by atoms with Crippen molar-refractivity contribution in [1.82, 2.24) is 0 Å². The van der Waals surface area contributed by atoms with E-state index >= 15 is 0 Å². The Kier molecular flexibility index (Phi) is 3.57. The lowest BCUT2D eigenvalue weighted by Crippen LogP contribution is -2.02. The predicted molar refractivity (Wildman–Crippen MR) is 73.7 cm³/mol. The minimum absolute atomic E-state index is 0.101. The molecular weight excluding hydrogens is 275 g/mol. The van der Waals surface area contributed by atoms with Crippen molar-refractivity contribution in [1.29, 1.82) is 0 Å². The molecule has 0 atom stereocenters. The first kappa shape index (κ1) is 12.6. The third-order valence-electron chi connectivity index (χ3n) is 2.44. The Labute approximate surface area is 114 Å². The lowest BCUT2D eigenvalue weighted by molar-refractivity contribution is 0.104. The van der Waals surface area contributed by atoms with Gasteiger partial charge >= 0.3 is 0 Å². The standard InChI is InChI=1S/C13H10Cl2OS/c1-7-6-8(2)17-13(7)12(16)11-9(14)4-3-5-10(11)15/h3-6H,1-2H3. The van der Waals surface area contributed by atoms with Crippen molar-refractivity contribution in [3.63, 3.8) is 0 Å². The van der Waals surface area contributed by atoms with Crippen LogP contribution in [-0.2, 0) is 0 Å². The number of benzene rings is 1. The summed E-state index contributed by atoms with van der Waals surface area (Å²) in [7, 11) is 0. The van der Waals surface area contributed by atoms with E-state index in [-0.39, 0.29) is 5.78 Å². The normalized spacial score (nSPS) is 10.6. The number of halogens is 2. The summed E-state index contributed by atoms with van der Waals surface area (Å²) in [6.07, 6.45) is 0. The fraction of sp³-hybridized carbons (Fsp3) is 0.154. The predicted octanol–water partition coefficient (Wildman–Crippen LogP) is 4.90. The fourth-order valence-corrected chi connectivity index (χ4v) is 3.24. The highest BCUT2D eigenvalue weighted by Crippen LogP contribution is 2.30. The molecule has 0 spiro atoms. The third-order valence-corrected chi connectivity index (χ3v) is 4.22. The molecule has 0 aliphatic rings. The number of rotatable bonds is 2. The Hall–Kier alpha value is -0.830. The Balaban J connectivity index is 2.55. The Morgan fingerprint density at radius 3 is 2.24 bits per heavy atom. The Morgan fingerprint density at radius 2 is 1.76 bits per heavy atom. The van der Waals surface area contributed by atoms with E-state index in [0.717, 1.165) is 10.4 Å². The van der Waals surface area contributed by atoms with E-state index in [0.29, 0.717) is 20.5 Å². The van der Waals surface area contributed by atoms with Gasteiger partial charge in [0.25, 0.3) is 0 Å². The lowest BCUT2D eigenvalue weighted by atomic mass is 10.1. The van der Waals surface area contributed by atoms with Crippen LogP contribution in [0, 0.1) is 13.8 Å². The molecule has 17 heavy (non-hydrogen) atoms. The first-order valence-electron chi connectivity index (χ1n) is 5.06. The zero-order valence-electron chi connectivity index (χ0n) is 9.38. The van der Waals surface area contributed by atoms with Crippen LogP contribution in [0.2, 0.25) is 10.0 Å². The first-order valence-corrected chi connectivity index (χ1v) is 6.63. The smallest absolute Gasteiger partial charge is 0.206 e. The molecule has 0 aliphatic heterocycles. The molecule has 2 rings (SSSR count). The lowest BCUT2D eigenvalue weighted by Gasteiger charge is -2.04. The monoisotopic (exact) mass is 284 g/mol. The topological polar surface area (TPSA) is 17.1 Å². The van der Waals surface area contributed by atoms with Gasteiger partial charge in [0.15, 0.2) is 0 Å². The van der Waals surface area contributed by atoms with Crippen LogP contribution in [0.5, 0.6) is 0 Å². The van der Waals surface area contributed by atoms with E-state index in [1.54, 1.807) is 18.2 Å². The Bertz CT molecular complexity index is 567. The highest BCUT2D eigenvalue weighted by atomic mass is 35.5. The van der Waals surface area contributed by atoms with E-state index in [4.69, 9.17) is 23.2 Å². The summed E-state index contributed by atoms with van der Waals surface area (Å²) >= 11 is 13.5. The summed E-state index contributed by atoms with van der Waals surface area (Å²) in [4.78, 5) is 14.2. The van der Waals surface area contributed by atoms with Crippen molar-refractivity contribution in [2.24, 2.45) is 0 Å². The first-order chi connectivity index (χ1) is 8.00. The Morgan fingerprint density at radius 1 is 1.18 bits per heavy atom. The molecule has 2 aromatic rings. The zero-order valence-corrected chi connectivity index (χ0v) is 11.7. The van der Waals surface area contributed by atoms with Crippen molar-refractivity contribution >= 4 is 40.3 Å². The van der Waals surface area contributed by atoms with Crippen LogP contribution < -0.4 is 0 Å². The van der Waals surface area contributed by atoms with E-state index in [9.17, 15) is 4.79 Å². The van der Waals surface area contributed by atoms with Crippen LogP contribution in [0.3, 0.4) is 0 Å². The van der Waals surface area contributed by atoms with Gasteiger partial charge in [0.2, 0.25) is 5.78 Å². The second-order valence-corrected chi connectivity index (χ2v) is 5.87. The zero-order chi connectivity index (χ0) is 12.6. The molecule has 0 unspecified atom stereocenters. The molecule has 0 saturated carbocycles. The molecule has 0 bridgehead atoms. The van der Waals surface area contributed by atoms with Gasteiger partial charge in [-0.2, -0.15) is 0 Å². The highest BCUT2D eigenvalue weighted by molar-refractivity contribution is 7.14. The summed E-state index contributed by atoms with van der Waals surface area (Å²) in [6.45, 7) is 3.89. The maximum atomic E-state index is 12.4. The number of ketones is 1. The van der Waals surface area contributed by atoms with Crippen LogP contribution in [0.1, 0.15) is 25.7 Å². The van der Waals surface area contributed by atoms with Crippen molar-refractivity contribution in [2.45, 2.75) is 13.8 Å². The maximum absolute atomic E-state index is 12.4. The van der Waals surface area contributed by atoms with Crippen LogP contribution in [-0.4, -0.2) is 5.78 Å². The molecule has 0 aliphatic carbocycles. The molecule has 0 fully saturated rings. The van der Waals surface area contributed by atoms with Crippen molar-refractivity contribution in [2.75, 3.05) is 0 Å². The average molecular weight is 285 g/mol. The number of carbonyl (C=O) groups is 1. The van der Waals surface area contributed by atoms with E-state index in [1.807, 2.05) is 19.9 Å². The molecule has 1 heterocycles. The largest absolute Gasteiger partial charge is 0.288 e. The molecule has 0 saturated heterocycles. The van der Waals surface area contributed by atoms with E-state index in [2.05, 4.69) is 0 Å². The van der Waals surface area contributed by atoms with Gasteiger partial charge < -0.3 is 0 Å². The van der Waals surface area contributed by atoms with Gasteiger partial charge in [0, 0.05) is 4.88 Å². The number of hydrogen-bond acceptors (Lipinski definition) is 2. The fourth-order valence-electron chi connectivity index (χ4n) is 1.70. The average Bonchev–Trinajstić information content (AvgIpc) is 2.57. The van der Waals surface area contributed by atoms with E-state index < -0.39 is 0 Å². The summed E-state index contributed by atoms with van der Waals surface area (Å²) in [5, 5.41) is 0.793. The second-order valence-electron chi connectivity index (χ2n) is 3.79. The van der Waals surface area contributed by atoms with Gasteiger partial charge in [-0.15, -0.1) is 11.3 Å². The minimum atomic E-state index is -0.101. The second kappa shape index (κ2) is 4.81. The van der Waals surface area contributed by atoms with Gasteiger partial charge in [0.1, 0.15) is 0 Å². The molecule has 1 aromatic heterocycles. The third kappa shape index (κ3) is 2.39. The van der Waals surface area contributed by atoms with Crippen molar-refractivity contribution in [3.05, 3.63) is 55.2 Å². The summed E-state index contributed by atoms with van der Waals surface area (Å²) in [5.41, 5.74) is 1.36. The molecule has 4 heteroatoms. The molecule has 88 valence electrons. The molecule has 0 N–H and O–H groups in total. The van der Waals surface area contributed by atoms with E-state index in [1.165, 1.54) is 11.3 Å². The van der Waals surface area contributed by atoms with Crippen LogP contribution in [0.15, 0.2) is 24.3 Å².